The zero-order chi connectivity index (χ0) is 11.4. The average molecular weight is 252 g/mol. The quantitative estimate of drug-likeness (QED) is 0.357. The topological polar surface area (TPSA) is 154 Å². The molecule has 0 saturated carbocycles. The van der Waals surface area contributed by atoms with Crippen molar-refractivity contribution >= 4 is 15.6 Å². The number of phosphoric ester groups is 1. The molecule has 0 fully saturated rings. The number of phosphoric acid groups is 2. The Labute approximate surface area is 78.8 Å². The summed E-state index contributed by atoms with van der Waals surface area (Å²) in [5, 5.41) is 16.9. The number of hydrogen-bond acceptors (Lipinski definition) is 6. The minimum Gasteiger partial charge on any atom is -0.394 e. The summed E-state index contributed by atoms with van der Waals surface area (Å²) in [4.78, 5) is 24.9. The van der Waals surface area contributed by atoms with E-state index in [1.54, 1.807) is 0 Å². The van der Waals surface area contributed by atoms with E-state index in [-0.39, 0.29) is 0 Å². The van der Waals surface area contributed by atoms with Gasteiger partial charge in [0.05, 0.1) is 13.2 Å². The highest BCUT2D eigenvalue weighted by atomic mass is 31.3. The summed E-state index contributed by atoms with van der Waals surface area (Å²) in [6, 6.07) is 0. The molecule has 0 saturated heterocycles. The minimum absolute atomic E-state index is 0.726. The number of aliphatic hydroxyl groups is 2. The van der Waals surface area contributed by atoms with E-state index < -0.39 is 35.0 Å². The lowest BCUT2D eigenvalue weighted by atomic mass is 10.4. The molecular weight excluding hydrogens is 242 g/mol. The number of hydrogen-bond donors (Lipinski definition) is 5. The van der Waals surface area contributed by atoms with Crippen LogP contribution in [-0.4, -0.2) is 44.2 Å². The van der Waals surface area contributed by atoms with E-state index in [1.165, 1.54) is 0 Å². The smallest absolute Gasteiger partial charge is 0.394 e. The van der Waals surface area contributed by atoms with E-state index in [9.17, 15) is 9.13 Å². The Morgan fingerprint density at radius 3 is 2.07 bits per heavy atom. The van der Waals surface area contributed by atoms with Gasteiger partial charge in [-0.15, -0.1) is 0 Å². The maximum atomic E-state index is 10.7. The first kappa shape index (κ1) is 14.2. The fourth-order valence-electron chi connectivity index (χ4n) is 0.391. The predicted molar refractivity (Wildman–Crippen MR) is 42.0 cm³/mol. The third-order valence-corrected chi connectivity index (χ3v) is 3.00. The van der Waals surface area contributed by atoms with Crippen LogP contribution < -0.4 is 0 Å². The monoisotopic (exact) mass is 252 g/mol. The normalized spacial score (nSPS) is 18.9. The molecule has 0 radical (unpaired) electrons. The van der Waals surface area contributed by atoms with Crippen molar-refractivity contribution in [2.75, 3.05) is 13.2 Å². The van der Waals surface area contributed by atoms with Gasteiger partial charge in [0.25, 0.3) is 0 Å². The Morgan fingerprint density at radius 1 is 1.21 bits per heavy atom. The molecule has 0 rings (SSSR count). The van der Waals surface area contributed by atoms with Gasteiger partial charge in [-0.05, 0) is 0 Å². The van der Waals surface area contributed by atoms with E-state index in [4.69, 9.17) is 24.9 Å². The van der Waals surface area contributed by atoms with Gasteiger partial charge in [0.2, 0.25) is 0 Å². The fourth-order valence-corrected chi connectivity index (χ4v) is 2.02. The van der Waals surface area contributed by atoms with Crippen LogP contribution in [0.4, 0.5) is 0 Å². The summed E-state index contributed by atoms with van der Waals surface area (Å²) >= 11 is 0. The van der Waals surface area contributed by atoms with Crippen LogP contribution >= 0.6 is 15.6 Å². The second kappa shape index (κ2) is 5.32. The highest BCUT2D eigenvalue weighted by Gasteiger charge is 2.32. The Balaban J connectivity index is 4.09. The van der Waals surface area contributed by atoms with Crippen molar-refractivity contribution in [1.82, 2.24) is 0 Å². The molecule has 5 N–H and O–H groups in total. The molecule has 0 aliphatic carbocycles. The zero-order valence-corrected chi connectivity index (χ0v) is 8.54. The summed E-state index contributed by atoms with van der Waals surface area (Å²) in [7, 11) is -10.1. The highest BCUT2D eigenvalue weighted by Crippen LogP contribution is 2.57. The Bertz CT molecular complexity index is 257. The van der Waals surface area contributed by atoms with Crippen molar-refractivity contribution < 1.29 is 42.9 Å². The molecule has 0 aromatic carbocycles. The maximum Gasteiger partial charge on any atom is 0.481 e. The van der Waals surface area contributed by atoms with Gasteiger partial charge in [0, 0.05) is 0 Å². The molecule has 0 aliphatic heterocycles. The van der Waals surface area contributed by atoms with E-state index in [0.29, 0.717) is 0 Å². The molecule has 0 spiro atoms. The SMILES string of the molecule is O=P(O)(O)OP(=O)(O)OCC(O)CO. The summed E-state index contributed by atoms with van der Waals surface area (Å²) < 4.78 is 28.1. The van der Waals surface area contributed by atoms with E-state index in [2.05, 4.69) is 8.83 Å². The van der Waals surface area contributed by atoms with Crippen LogP contribution in [0.2, 0.25) is 0 Å². The minimum atomic E-state index is -5.14. The van der Waals surface area contributed by atoms with Gasteiger partial charge in [-0.3, -0.25) is 4.52 Å². The Hall–Kier alpha value is 0.180. The molecule has 0 aromatic heterocycles. The lowest BCUT2D eigenvalue weighted by Gasteiger charge is -2.13. The van der Waals surface area contributed by atoms with Crippen LogP contribution in [0.5, 0.6) is 0 Å². The summed E-state index contributed by atoms with van der Waals surface area (Å²) in [6.45, 7) is -1.51. The summed E-state index contributed by atoms with van der Waals surface area (Å²) in [5.41, 5.74) is 0. The van der Waals surface area contributed by atoms with Crippen molar-refractivity contribution in [2.45, 2.75) is 6.10 Å². The first-order valence-corrected chi connectivity index (χ1v) is 6.22. The number of aliphatic hydroxyl groups excluding tert-OH is 2. The maximum absolute atomic E-state index is 10.7. The lowest BCUT2D eigenvalue weighted by Crippen LogP contribution is -2.18. The largest absolute Gasteiger partial charge is 0.481 e. The van der Waals surface area contributed by atoms with Gasteiger partial charge in [-0.2, -0.15) is 4.31 Å². The molecule has 0 bridgehead atoms. The molecule has 9 nitrogen and oxygen atoms in total. The molecule has 0 aromatic rings. The summed E-state index contributed by atoms with van der Waals surface area (Å²) in [5.74, 6) is 0. The van der Waals surface area contributed by atoms with Gasteiger partial charge in [-0.1, -0.05) is 0 Å². The van der Waals surface area contributed by atoms with Gasteiger partial charge in [0.1, 0.15) is 6.10 Å². The van der Waals surface area contributed by atoms with E-state index >= 15 is 0 Å². The standard InChI is InChI=1S/C3H10O9P2/c4-1-3(5)2-11-14(9,10)12-13(6,7)8/h3-5H,1-2H2,(H,9,10)(H2,6,7,8). The van der Waals surface area contributed by atoms with Crippen LogP contribution in [0.25, 0.3) is 0 Å². The van der Waals surface area contributed by atoms with Crippen molar-refractivity contribution in [3.63, 3.8) is 0 Å². The fraction of sp³-hybridized carbons (Fsp3) is 1.00. The lowest BCUT2D eigenvalue weighted by molar-refractivity contribution is 0.0416. The molecule has 86 valence electrons. The van der Waals surface area contributed by atoms with Gasteiger partial charge in [-0.25, -0.2) is 9.13 Å². The summed E-state index contributed by atoms with van der Waals surface area (Å²) in [6.07, 6.45) is -1.43. The van der Waals surface area contributed by atoms with Crippen LogP contribution in [0.1, 0.15) is 0 Å². The highest BCUT2D eigenvalue weighted by molar-refractivity contribution is 7.60. The van der Waals surface area contributed by atoms with Crippen LogP contribution in [0.3, 0.4) is 0 Å². The van der Waals surface area contributed by atoms with Crippen molar-refractivity contribution in [2.24, 2.45) is 0 Å². The van der Waals surface area contributed by atoms with Crippen molar-refractivity contribution in [3.8, 4) is 0 Å². The Kier molecular flexibility index (Phi) is 5.38. The Morgan fingerprint density at radius 2 is 1.71 bits per heavy atom. The zero-order valence-electron chi connectivity index (χ0n) is 6.76. The van der Waals surface area contributed by atoms with Gasteiger partial charge < -0.3 is 24.9 Å². The first-order valence-electron chi connectivity index (χ1n) is 3.19. The van der Waals surface area contributed by atoms with Crippen molar-refractivity contribution in [1.29, 1.82) is 0 Å². The van der Waals surface area contributed by atoms with Crippen LogP contribution in [0, 0.1) is 0 Å². The van der Waals surface area contributed by atoms with E-state index in [0.717, 1.165) is 0 Å². The van der Waals surface area contributed by atoms with Crippen LogP contribution in [-0.2, 0) is 18.0 Å². The van der Waals surface area contributed by atoms with Crippen LogP contribution in [0.15, 0.2) is 0 Å². The molecule has 0 amide bonds. The molecule has 0 heterocycles. The number of rotatable bonds is 6. The van der Waals surface area contributed by atoms with E-state index in [1.807, 2.05) is 0 Å². The molecule has 2 unspecified atom stereocenters. The second-order valence-electron chi connectivity index (χ2n) is 2.17. The molecule has 2 atom stereocenters. The molecule has 0 aliphatic rings. The average Bonchev–Trinajstić information content (AvgIpc) is 1.96. The van der Waals surface area contributed by atoms with Gasteiger partial charge in [0.15, 0.2) is 0 Å². The molecule has 14 heavy (non-hydrogen) atoms. The van der Waals surface area contributed by atoms with Gasteiger partial charge >= 0.3 is 15.6 Å². The van der Waals surface area contributed by atoms with Crippen molar-refractivity contribution in [3.05, 3.63) is 0 Å². The first-order chi connectivity index (χ1) is 6.16. The predicted octanol–water partition coefficient (Wildman–Crippen LogP) is -1.43. The molecule has 11 heteroatoms. The third-order valence-electron chi connectivity index (χ3n) is 0.850. The second-order valence-corrected chi connectivity index (χ2v) is 5.00. The molecular formula is C3H10O9P2. The third kappa shape index (κ3) is 7.57.